The molecule has 1 rings (SSSR count). The number of hydrogen-bond donors (Lipinski definition) is 2. The number of nitrogens with one attached hydrogen (secondary N) is 1. The SMILES string of the molecule is Cc1ccc(OCC(O)CNC(C)CCS(C)=O)c(Br)c1. The van der Waals surface area contributed by atoms with Crippen LogP contribution in [0, 0.1) is 6.92 Å². The third kappa shape index (κ3) is 7.95. The van der Waals surface area contributed by atoms with Crippen molar-refractivity contribution < 1.29 is 14.1 Å². The van der Waals surface area contributed by atoms with Crippen molar-refractivity contribution in [1.29, 1.82) is 0 Å². The van der Waals surface area contributed by atoms with Gasteiger partial charge in [0, 0.05) is 35.4 Å². The van der Waals surface area contributed by atoms with Crippen LogP contribution in [0.1, 0.15) is 18.9 Å². The van der Waals surface area contributed by atoms with Crippen LogP contribution in [-0.2, 0) is 10.8 Å². The van der Waals surface area contributed by atoms with Crippen LogP contribution in [0.4, 0.5) is 0 Å². The van der Waals surface area contributed by atoms with Crippen LogP contribution in [-0.4, -0.2) is 46.6 Å². The average Bonchev–Trinajstić information content (AvgIpc) is 2.41. The maximum absolute atomic E-state index is 11.0. The minimum Gasteiger partial charge on any atom is -0.490 e. The molecule has 0 aliphatic carbocycles. The molecule has 2 N–H and O–H groups in total. The summed E-state index contributed by atoms with van der Waals surface area (Å²) in [6, 6.07) is 6.07. The van der Waals surface area contributed by atoms with E-state index in [4.69, 9.17) is 4.74 Å². The molecule has 0 radical (unpaired) electrons. The largest absolute Gasteiger partial charge is 0.490 e. The van der Waals surface area contributed by atoms with Crippen molar-refractivity contribution >= 4 is 26.7 Å². The number of ether oxygens (including phenoxy) is 1. The standard InChI is InChI=1S/C15H24BrNO3S/c1-11-4-5-15(14(16)8-11)20-10-13(18)9-17-12(2)6-7-21(3)19/h4-5,8,12-13,17-18H,6-7,9-10H2,1-3H3. The van der Waals surface area contributed by atoms with E-state index in [2.05, 4.69) is 21.2 Å². The second kappa shape index (κ2) is 9.56. The average molecular weight is 378 g/mol. The molecule has 4 nitrogen and oxygen atoms in total. The van der Waals surface area contributed by atoms with Gasteiger partial charge in [-0.3, -0.25) is 4.21 Å². The Morgan fingerprint density at radius 2 is 2.19 bits per heavy atom. The van der Waals surface area contributed by atoms with Gasteiger partial charge in [-0.15, -0.1) is 0 Å². The summed E-state index contributed by atoms with van der Waals surface area (Å²) in [5.41, 5.74) is 1.15. The molecule has 0 aromatic heterocycles. The zero-order chi connectivity index (χ0) is 15.8. The number of benzene rings is 1. The van der Waals surface area contributed by atoms with E-state index in [0.29, 0.717) is 12.3 Å². The van der Waals surface area contributed by atoms with Gasteiger partial charge in [-0.2, -0.15) is 0 Å². The molecule has 0 amide bonds. The van der Waals surface area contributed by atoms with Gasteiger partial charge in [0.2, 0.25) is 0 Å². The van der Waals surface area contributed by atoms with E-state index in [1.54, 1.807) is 6.26 Å². The molecule has 0 fully saturated rings. The molecule has 120 valence electrons. The zero-order valence-electron chi connectivity index (χ0n) is 12.8. The van der Waals surface area contributed by atoms with Crippen LogP contribution in [0.15, 0.2) is 22.7 Å². The van der Waals surface area contributed by atoms with E-state index in [-0.39, 0.29) is 12.6 Å². The van der Waals surface area contributed by atoms with Crippen molar-refractivity contribution in [2.45, 2.75) is 32.4 Å². The Bertz CT molecular complexity index is 470. The predicted octanol–water partition coefficient (Wildman–Crippen LogP) is 2.24. The fraction of sp³-hybridized carbons (Fsp3) is 0.600. The second-order valence-corrected chi connectivity index (χ2v) is 7.68. The fourth-order valence-corrected chi connectivity index (χ4v) is 3.04. The van der Waals surface area contributed by atoms with E-state index < -0.39 is 16.9 Å². The number of aryl methyl sites for hydroxylation is 1. The minimum atomic E-state index is -0.766. The van der Waals surface area contributed by atoms with Crippen LogP contribution in [0.25, 0.3) is 0 Å². The lowest BCUT2D eigenvalue weighted by atomic mass is 10.2. The van der Waals surface area contributed by atoms with Gasteiger partial charge in [0.05, 0.1) is 4.47 Å². The van der Waals surface area contributed by atoms with Gasteiger partial charge in [-0.25, -0.2) is 0 Å². The number of rotatable bonds is 9. The van der Waals surface area contributed by atoms with Crippen molar-refractivity contribution in [3.8, 4) is 5.75 Å². The van der Waals surface area contributed by atoms with Gasteiger partial charge in [-0.05, 0) is 53.9 Å². The molecule has 1 aromatic carbocycles. The first-order valence-electron chi connectivity index (χ1n) is 6.99. The highest BCUT2D eigenvalue weighted by molar-refractivity contribution is 9.10. The Labute approximate surface area is 137 Å². The molecule has 3 atom stereocenters. The molecule has 0 bridgehead atoms. The summed E-state index contributed by atoms with van der Waals surface area (Å²) in [6.45, 7) is 4.73. The maximum Gasteiger partial charge on any atom is 0.133 e. The topological polar surface area (TPSA) is 58.6 Å². The lowest BCUT2D eigenvalue weighted by Crippen LogP contribution is -2.37. The summed E-state index contributed by atoms with van der Waals surface area (Å²) in [4.78, 5) is 0. The van der Waals surface area contributed by atoms with Crippen LogP contribution >= 0.6 is 15.9 Å². The van der Waals surface area contributed by atoms with Crippen molar-refractivity contribution in [3.63, 3.8) is 0 Å². The van der Waals surface area contributed by atoms with Gasteiger partial charge < -0.3 is 15.2 Å². The monoisotopic (exact) mass is 377 g/mol. The summed E-state index contributed by atoms with van der Waals surface area (Å²) < 4.78 is 17.5. The first kappa shape index (κ1) is 18.6. The smallest absolute Gasteiger partial charge is 0.133 e. The van der Waals surface area contributed by atoms with Crippen molar-refractivity contribution in [2.75, 3.05) is 25.2 Å². The molecular formula is C15H24BrNO3S. The normalized spacial score (nSPS) is 15.5. The summed E-state index contributed by atoms with van der Waals surface area (Å²) >= 11 is 3.44. The van der Waals surface area contributed by atoms with E-state index in [9.17, 15) is 9.32 Å². The summed E-state index contributed by atoms with van der Waals surface area (Å²) in [6.07, 6.45) is 1.96. The van der Waals surface area contributed by atoms with E-state index in [1.165, 1.54) is 0 Å². The number of aliphatic hydroxyl groups is 1. The van der Waals surface area contributed by atoms with Crippen LogP contribution in [0.5, 0.6) is 5.75 Å². The highest BCUT2D eigenvalue weighted by Crippen LogP contribution is 2.25. The highest BCUT2D eigenvalue weighted by atomic mass is 79.9. The molecule has 0 aliphatic heterocycles. The quantitative estimate of drug-likeness (QED) is 0.692. The Hall–Kier alpha value is -0.430. The van der Waals surface area contributed by atoms with E-state index in [1.807, 2.05) is 32.0 Å². The molecule has 21 heavy (non-hydrogen) atoms. The number of aliphatic hydroxyl groups excluding tert-OH is 1. The van der Waals surface area contributed by atoms with Crippen molar-refractivity contribution in [1.82, 2.24) is 5.32 Å². The van der Waals surface area contributed by atoms with Crippen LogP contribution in [0.2, 0.25) is 0 Å². The molecule has 0 heterocycles. The van der Waals surface area contributed by atoms with Crippen LogP contribution in [0.3, 0.4) is 0 Å². The Morgan fingerprint density at radius 1 is 1.48 bits per heavy atom. The third-order valence-corrected chi connectivity index (χ3v) is 4.49. The van der Waals surface area contributed by atoms with Gasteiger partial charge in [-0.1, -0.05) is 6.07 Å². The molecule has 6 heteroatoms. The minimum absolute atomic E-state index is 0.231. The lowest BCUT2D eigenvalue weighted by Gasteiger charge is -2.17. The summed E-state index contributed by atoms with van der Waals surface area (Å²) in [7, 11) is -0.766. The fourth-order valence-electron chi connectivity index (χ4n) is 1.75. The van der Waals surface area contributed by atoms with E-state index in [0.717, 1.165) is 22.2 Å². The van der Waals surface area contributed by atoms with Gasteiger partial charge in [0.1, 0.15) is 18.5 Å². The second-order valence-electron chi connectivity index (χ2n) is 5.27. The van der Waals surface area contributed by atoms with Crippen LogP contribution < -0.4 is 10.1 Å². The summed E-state index contributed by atoms with van der Waals surface area (Å²) in [5.74, 6) is 1.41. The molecule has 0 saturated heterocycles. The highest BCUT2D eigenvalue weighted by Gasteiger charge is 2.09. The molecule has 0 saturated carbocycles. The molecule has 0 aliphatic rings. The van der Waals surface area contributed by atoms with Crippen molar-refractivity contribution in [2.24, 2.45) is 0 Å². The van der Waals surface area contributed by atoms with Gasteiger partial charge >= 0.3 is 0 Å². The molecule has 1 aromatic rings. The lowest BCUT2D eigenvalue weighted by molar-refractivity contribution is 0.103. The van der Waals surface area contributed by atoms with Gasteiger partial charge in [0.25, 0.3) is 0 Å². The molecule has 0 spiro atoms. The number of halogens is 1. The zero-order valence-corrected chi connectivity index (χ0v) is 15.2. The number of hydrogen-bond acceptors (Lipinski definition) is 4. The Balaban J connectivity index is 2.27. The predicted molar refractivity (Wildman–Crippen MR) is 91.4 cm³/mol. The van der Waals surface area contributed by atoms with E-state index >= 15 is 0 Å². The van der Waals surface area contributed by atoms with Crippen molar-refractivity contribution in [3.05, 3.63) is 28.2 Å². The molecule has 3 unspecified atom stereocenters. The first-order chi connectivity index (χ1) is 9.88. The summed E-state index contributed by atoms with van der Waals surface area (Å²) in [5, 5.41) is 13.1. The Morgan fingerprint density at radius 3 is 2.81 bits per heavy atom. The van der Waals surface area contributed by atoms with Gasteiger partial charge in [0.15, 0.2) is 0 Å². The maximum atomic E-state index is 11.0. The molecular weight excluding hydrogens is 354 g/mol. The third-order valence-electron chi connectivity index (χ3n) is 3.06. The first-order valence-corrected chi connectivity index (χ1v) is 9.51. The Kier molecular flexibility index (Phi) is 8.48.